The van der Waals surface area contributed by atoms with Crippen LogP contribution in [0.5, 0.6) is 0 Å². The molecule has 6 nitrogen and oxygen atoms in total. The van der Waals surface area contributed by atoms with Gasteiger partial charge in [0, 0.05) is 19.0 Å². The van der Waals surface area contributed by atoms with Gasteiger partial charge in [-0.25, -0.2) is 0 Å². The number of unbranched alkanes of at least 4 members (excludes halogenated alkanes) is 3. The molecule has 0 unspecified atom stereocenters. The van der Waals surface area contributed by atoms with E-state index in [1.54, 1.807) is 0 Å². The summed E-state index contributed by atoms with van der Waals surface area (Å²) >= 11 is 5.62. The van der Waals surface area contributed by atoms with Gasteiger partial charge in [-0.3, -0.25) is 0 Å². The van der Waals surface area contributed by atoms with Gasteiger partial charge in [0.2, 0.25) is 0 Å². The van der Waals surface area contributed by atoms with E-state index in [1.165, 1.54) is 12.8 Å². The number of alkyl halides is 1. The molecule has 0 aromatic heterocycles. The zero-order valence-electron chi connectivity index (χ0n) is 16.2. The van der Waals surface area contributed by atoms with Crippen LogP contribution in [0.15, 0.2) is 0 Å². The molecule has 0 saturated heterocycles. The van der Waals surface area contributed by atoms with Crippen molar-refractivity contribution < 1.29 is 23.7 Å². The summed E-state index contributed by atoms with van der Waals surface area (Å²) in [5, 5.41) is 0. The molecule has 0 bridgehead atoms. The molecule has 0 aliphatic heterocycles. The minimum Gasteiger partial charge on any atom is -0.379 e. The molecule has 0 rings (SSSR count). The van der Waals surface area contributed by atoms with Gasteiger partial charge in [0.15, 0.2) is 0 Å². The summed E-state index contributed by atoms with van der Waals surface area (Å²) in [7, 11) is 4.06. The van der Waals surface area contributed by atoms with E-state index < -0.39 is 0 Å². The number of rotatable bonds is 21. The first kappa shape index (κ1) is 25.1. The average molecular weight is 384 g/mol. The molecule has 0 atom stereocenters. The average Bonchev–Trinajstić information content (AvgIpc) is 2.60. The quantitative estimate of drug-likeness (QED) is 0.224. The molecule has 0 heterocycles. The summed E-state index contributed by atoms with van der Waals surface area (Å²) < 4.78 is 27.2. The summed E-state index contributed by atoms with van der Waals surface area (Å²) in [6, 6.07) is 0. The van der Waals surface area contributed by atoms with E-state index in [-0.39, 0.29) is 0 Å². The summed E-state index contributed by atoms with van der Waals surface area (Å²) in [5.74, 6) is 0.758. The van der Waals surface area contributed by atoms with E-state index in [4.69, 9.17) is 35.3 Å². The third kappa shape index (κ3) is 24.1. The molecular weight excluding hydrogens is 346 g/mol. The van der Waals surface area contributed by atoms with E-state index >= 15 is 0 Å². The van der Waals surface area contributed by atoms with E-state index in [9.17, 15) is 0 Å². The fraction of sp³-hybridized carbons (Fsp3) is 1.00. The van der Waals surface area contributed by atoms with Gasteiger partial charge >= 0.3 is 0 Å². The Morgan fingerprint density at radius 3 is 1.36 bits per heavy atom. The largest absolute Gasteiger partial charge is 0.379 e. The first-order valence-corrected chi connectivity index (χ1v) is 9.90. The molecule has 25 heavy (non-hydrogen) atoms. The maximum absolute atomic E-state index is 5.62. The van der Waals surface area contributed by atoms with E-state index in [2.05, 4.69) is 4.90 Å². The number of hydrogen-bond donors (Lipinski definition) is 0. The standard InChI is InChI=1S/C18H38ClNO5/c1-20(2)8-10-22-12-14-24-16-18-25-17-15-23-13-11-21-9-6-4-3-5-7-19/h3-18H2,1-2H3. The van der Waals surface area contributed by atoms with E-state index in [0.717, 1.165) is 38.5 Å². The highest BCUT2D eigenvalue weighted by molar-refractivity contribution is 6.17. The predicted octanol–water partition coefficient (Wildman–Crippen LogP) is 2.43. The third-order valence-electron chi connectivity index (χ3n) is 3.34. The van der Waals surface area contributed by atoms with Crippen LogP contribution in [-0.2, 0) is 23.7 Å². The van der Waals surface area contributed by atoms with Crippen molar-refractivity contribution in [3.8, 4) is 0 Å². The lowest BCUT2D eigenvalue weighted by Crippen LogP contribution is -2.19. The van der Waals surface area contributed by atoms with Gasteiger partial charge in [-0.05, 0) is 26.9 Å². The van der Waals surface area contributed by atoms with Crippen molar-refractivity contribution in [3.63, 3.8) is 0 Å². The van der Waals surface area contributed by atoms with Crippen LogP contribution in [-0.4, -0.2) is 97.5 Å². The summed E-state index contributed by atoms with van der Waals surface area (Å²) in [4.78, 5) is 2.09. The van der Waals surface area contributed by atoms with Crippen LogP contribution in [0, 0.1) is 0 Å². The molecular formula is C18H38ClNO5. The minimum absolute atomic E-state index is 0.583. The zero-order chi connectivity index (χ0) is 18.4. The van der Waals surface area contributed by atoms with Gasteiger partial charge in [0.1, 0.15) is 0 Å². The fourth-order valence-corrected chi connectivity index (χ4v) is 2.07. The molecule has 152 valence electrons. The zero-order valence-corrected chi connectivity index (χ0v) is 16.9. The monoisotopic (exact) mass is 383 g/mol. The number of likely N-dealkylation sites (N-methyl/N-ethyl adjacent to an activating group) is 1. The van der Waals surface area contributed by atoms with E-state index in [1.807, 2.05) is 14.1 Å². The van der Waals surface area contributed by atoms with Gasteiger partial charge in [-0.1, -0.05) is 12.8 Å². The van der Waals surface area contributed by atoms with Crippen molar-refractivity contribution in [1.29, 1.82) is 0 Å². The van der Waals surface area contributed by atoms with Crippen LogP contribution in [0.25, 0.3) is 0 Å². The lowest BCUT2D eigenvalue weighted by molar-refractivity contribution is -0.0118. The highest BCUT2D eigenvalue weighted by atomic mass is 35.5. The Balaban J connectivity index is 2.96. The number of halogens is 1. The Hall–Kier alpha value is 0.0500. The van der Waals surface area contributed by atoms with Crippen LogP contribution >= 0.6 is 11.6 Å². The van der Waals surface area contributed by atoms with Crippen molar-refractivity contribution in [1.82, 2.24) is 4.90 Å². The third-order valence-corrected chi connectivity index (χ3v) is 3.61. The topological polar surface area (TPSA) is 49.4 Å². The molecule has 0 aliphatic carbocycles. The van der Waals surface area contributed by atoms with Gasteiger partial charge < -0.3 is 28.6 Å². The molecule has 0 fully saturated rings. The fourth-order valence-electron chi connectivity index (χ4n) is 1.88. The Labute approximate surface area is 159 Å². The SMILES string of the molecule is CN(C)CCOCCOCCOCCOCCOCCCCCCCl. The summed E-state index contributed by atoms with van der Waals surface area (Å²) in [6.45, 7) is 7.32. The predicted molar refractivity (Wildman–Crippen MR) is 102 cm³/mol. The Morgan fingerprint density at radius 1 is 0.520 bits per heavy atom. The maximum Gasteiger partial charge on any atom is 0.0701 e. The van der Waals surface area contributed by atoms with Crippen molar-refractivity contribution in [3.05, 3.63) is 0 Å². The molecule has 0 aromatic carbocycles. The lowest BCUT2D eigenvalue weighted by atomic mass is 10.2. The first-order chi connectivity index (χ1) is 12.3. The first-order valence-electron chi connectivity index (χ1n) is 9.36. The molecule has 0 aliphatic rings. The van der Waals surface area contributed by atoms with Crippen LogP contribution in [0.4, 0.5) is 0 Å². The van der Waals surface area contributed by atoms with Gasteiger partial charge in [0.05, 0.1) is 59.5 Å². The lowest BCUT2D eigenvalue weighted by Gasteiger charge is -2.10. The number of nitrogens with zero attached hydrogens (tertiary/aromatic N) is 1. The molecule has 0 N–H and O–H groups in total. The van der Waals surface area contributed by atoms with Crippen LogP contribution in [0.1, 0.15) is 25.7 Å². The number of ether oxygens (including phenoxy) is 5. The normalized spacial score (nSPS) is 11.5. The molecule has 0 aromatic rings. The molecule has 0 amide bonds. The molecule has 0 saturated carbocycles. The van der Waals surface area contributed by atoms with Crippen LogP contribution in [0.3, 0.4) is 0 Å². The second-order valence-electron chi connectivity index (χ2n) is 5.97. The molecule has 7 heteroatoms. The van der Waals surface area contributed by atoms with Gasteiger partial charge in [-0.2, -0.15) is 0 Å². The highest BCUT2D eigenvalue weighted by Gasteiger charge is 1.94. The highest BCUT2D eigenvalue weighted by Crippen LogP contribution is 2.01. The second-order valence-corrected chi connectivity index (χ2v) is 6.35. The van der Waals surface area contributed by atoms with Crippen molar-refractivity contribution in [2.75, 3.05) is 92.6 Å². The number of hydrogen-bond acceptors (Lipinski definition) is 6. The van der Waals surface area contributed by atoms with Crippen molar-refractivity contribution in [2.24, 2.45) is 0 Å². The smallest absolute Gasteiger partial charge is 0.0701 e. The van der Waals surface area contributed by atoms with Crippen LogP contribution in [0.2, 0.25) is 0 Å². The Morgan fingerprint density at radius 2 is 0.920 bits per heavy atom. The second kappa shape index (κ2) is 22.1. The van der Waals surface area contributed by atoms with E-state index in [0.29, 0.717) is 52.9 Å². The van der Waals surface area contributed by atoms with Crippen LogP contribution < -0.4 is 0 Å². The minimum atomic E-state index is 0.583. The van der Waals surface area contributed by atoms with Crippen molar-refractivity contribution >= 4 is 11.6 Å². The summed E-state index contributed by atoms with van der Waals surface area (Å²) in [6.07, 6.45) is 4.57. The Kier molecular flexibility index (Phi) is 22.1. The molecule has 0 radical (unpaired) electrons. The summed E-state index contributed by atoms with van der Waals surface area (Å²) in [5.41, 5.74) is 0. The van der Waals surface area contributed by atoms with Gasteiger partial charge in [0.25, 0.3) is 0 Å². The van der Waals surface area contributed by atoms with Gasteiger partial charge in [-0.15, -0.1) is 11.6 Å². The van der Waals surface area contributed by atoms with Crippen molar-refractivity contribution in [2.45, 2.75) is 25.7 Å². The Bertz CT molecular complexity index is 248. The maximum atomic E-state index is 5.62. The molecule has 0 spiro atoms.